The first-order valence-corrected chi connectivity index (χ1v) is 9.50. The van der Waals surface area contributed by atoms with E-state index in [4.69, 9.17) is 9.47 Å². The van der Waals surface area contributed by atoms with Crippen molar-refractivity contribution >= 4 is 11.8 Å². The van der Waals surface area contributed by atoms with Crippen LogP contribution in [0.15, 0.2) is 24.3 Å². The van der Waals surface area contributed by atoms with Gasteiger partial charge in [0.25, 0.3) is 0 Å². The van der Waals surface area contributed by atoms with Crippen LogP contribution in [0.3, 0.4) is 0 Å². The number of hydrogen-bond donors (Lipinski definition) is 2. The van der Waals surface area contributed by atoms with Crippen LogP contribution in [0.1, 0.15) is 44.9 Å². The quantitative estimate of drug-likeness (QED) is 0.551. The molecule has 1 aromatic carbocycles. The van der Waals surface area contributed by atoms with Gasteiger partial charge in [-0.25, -0.2) is 0 Å². The summed E-state index contributed by atoms with van der Waals surface area (Å²) in [5.74, 6) is 1.21. The molecule has 2 fully saturated rings. The Balaban J connectivity index is 1.40. The zero-order chi connectivity index (χ0) is 18.4. The van der Waals surface area contributed by atoms with Gasteiger partial charge >= 0.3 is 0 Å². The van der Waals surface area contributed by atoms with E-state index >= 15 is 0 Å². The molecular formula is C20H28N2O4. The zero-order valence-corrected chi connectivity index (χ0v) is 15.4. The Morgan fingerprint density at radius 3 is 2.31 bits per heavy atom. The summed E-state index contributed by atoms with van der Waals surface area (Å²) in [7, 11) is 1.61. The van der Waals surface area contributed by atoms with Crippen LogP contribution in [0.5, 0.6) is 11.5 Å². The molecule has 1 aromatic rings. The van der Waals surface area contributed by atoms with Crippen LogP contribution in [-0.2, 0) is 9.59 Å². The summed E-state index contributed by atoms with van der Waals surface area (Å²) in [5.41, 5.74) is -0.850. The van der Waals surface area contributed by atoms with Crippen molar-refractivity contribution in [3.63, 3.8) is 0 Å². The van der Waals surface area contributed by atoms with E-state index in [2.05, 4.69) is 10.6 Å². The molecule has 2 aliphatic carbocycles. The SMILES string of the molecule is COc1ccc(OCCNC(=O)C2(C(=O)NC3CCCCC3)CC2)cc1. The minimum atomic E-state index is -0.850. The molecule has 2 amide bonds. The van der Waals surface area contributed by atoms with E-state index in [1.54, 1.807) is 7.11 Å². The molecule has 0 spiro atoms. The standard InChI is InChI=1S/C20H28N2O4/c1-25-16-7-9-17(10-8-16)26-14-13-21-18(23)20(11-12-20)19(24)22-15-5-3-2-4-6-15/h7-10,15H,2-6,11-14H2,1H3,(H,21,23)(H,22,24). The molecule has 0 saturated heterocycles. The van der Waals surface area contributed by atoms with Crippen LogP contribution in [0.2, 0.25) is 0 Å². The van der Waals surface area contributed by atoms with Gasteiger partial charge < -0.3 is 20.1 Å². The number of ether oxygens (including phenoxy) is 2. The maximum atomic E-state index is 12.5. The Bertz CT molecular complexity index is 619. The predicted octanol–water partition coefficient (Wildman–Crippen LogP) is 2.42. The Morgan fingerprint density at radius 1 is 1.04 bits per heavy atom. The van der Waals surface area contributed by atoms with Crippen LogP contribution >= 0.6 is 0 Å². The number of methoxy groups -OCH3 is 1. The van der Waals surface area contributed by atoms with Crippen molar-refractivity contribution in [2.75, 3.05) is 20.3 Å². The van der Waals surface area contributed by atoms with Crippen molar-refractivity contribution in [1.82, 2.24) is 10.6 Å². The Hall–Kier alpha value is -2.24. The van der Waals surface area contributed by atoms with E-state index in [9.17, 15) is 9.59 Å². The fraction of sp³-hybridized carbons (Fsp3) is 0.600. The van der Waals surface area contributed by atoms with Gasteiger partial charge in [-0.2, -0.15) is 0 Å². The fourth-order valence-electron chi connectivity index (χ4n) is 3.43. The summed E-state index contributed by atoms with van der Waals surface area (Å²) < 4.78 is 10.7. The lowest BCUT2D eigenvalue weighted by Gasteiger charge is -2.25. The number of benzene rings is 1. The van der Waals surface area contributed by atoms with Crippen molar-refractivity contribution in [3.8, 4) is 11.5 Å². The molecule has 0 aliphatic heterocycles. The average molecular weight is 360 g/mol. The van der Waals surface area contributed by atoms with Crippen molar-refractivity contribution in [3.05, 3.63) is 24.3 Å². The summed E-state index contributed by atoms with van der Waals surface area (Å²) in [5, 5.41) is 5.93. The number of carbonyl (C=O) groups excluding carboxylic acids is 2. The lowest BCUT2D eigenvalue weighted by Crippen LogP contribution is -2.47. The van der Waals surface area contributed by atoms with Crippen LogP contribution in [-0.4, -0.2) is 38.1 Å². The van der Waals surface area contributed by atoms with Crippen molar-refractivity contribution < 1.29 is 19.1 Å². The molecular weight excluding hydrogens is 332 g/mol. The Kier molecular flexibility index (Phi) is 6.01. The van der Waals surface area contributed by atoms with Crippen LogP contribution in [0.25, 0.3) is 0 Å². The fourth-order valence-corrected chi connectivity index (χ4v) is 3.43. The van der Waals surface area contributed by atoms with Crippen LogP contribution < -0.4 is 20.1 Å². The Labute approximate surface area is 154 Å². The first-order chi connectivity index (χ1) is 12.6. The molecule has 2 N–H and O–H groups in total. The molecule has 2 aliphatic rings. The normalized spacial score (nSPS) is 18.7. The third-order valence-corrected chi connectivity index (χ3v) is 5.28. The topological polar surface area (TPSA) is 76.7 Å². The number of hydrogen-bond acceptors (Lipinski definition) is 4. The third kappa shape index (κ3) is 4.48. The molecule has 6 heteroatoms. The minimum absolute atomic E-state index is 0.0991. The summed E-state index contributed by atoms with van der Waals surface area (Å²) >= 11 is 0. The highest BCUT2D eigenvalue weighted by Gasteiger charge is 2.56. The highest BCUT2D eigenvalue weighted by atomic mass is 16.5. The highest BCUT2D eigenvalue weighted by molar-refractivity contribution is 6.07. The number of carbonyl (C=O) groups is 2. The maximum absolute atomic E-state index is 12.5. The molecule has 0 heterocycles. The second kappa shape index (κ2) is 8.43. The molecule has 142 valence electrons. The Morgan fingerprint density at radius 2 is 1.69 bits per heavy atom. The molecule has 3 rings (SSSR count). The zero-order valence-electron chi connectivity index (χ0n) is 15.4. The predicted molar refractivity (Wildman–Crippen MR) is 98.2 cm³/mol. The van der Waals surface area contributed by atoms with Gasteiger partial charge in [0.05, 0.1) is 13.7 Å². The van der Waals surface area contributed by atoms with Crippen molar-refractivity contribution in [2.24, 2.45) is 5.41 Å². The number of amides is 2. The molecule has 26 heavy (non-hydrogen) atoms. The summed E-state index contributed by atoms with van der Waals surface area (Å²) in [6.45, 7) is 0.738. The summed E-state index contributed by atoms with van der Waals surface area (Å²) in [4.78, 5) is 25.0. The van der Waals surface area contributed by atoms with Crippen molar-refractivity contribution in [1.29, 1.82) is 0 Å². The van der Waals surface area contributed by atoms with Crippen LogP contribution in [0, 0.1) is 5.41 Å². The van der Waals surface area contributed by atoms with Gasteiger partial charge in [-0.3, -0.25) is 9.59 Å². The molecule has 0 bridgehead atoms. The molecule has 2 saturated carbocycles. The first kappa shape index (κ1) is 18.5. The highest BCUT2D eigenvalue weighted by Crippen LogP contribution is 2.46. The monoisotopic (exact) mass is 360 g/mol. The molecule has 6 nitrogen and oxygen atoms in total. The van der Waals surface area contributed by atoms with Gasteiger partial charge in [0, 0.05) is 6.04 Å². The van der Waals surface area contributed by atoms with E-state index in [0.717, 1.165) is 37.2 Å². The molecule has 0 unspecified atom stereocenters. The van der Waals surface area contributed by atoms with Crippen LogP contribution in [0.4, 0.5) is 0 Å². The second-order valence-electron chi connectivity index (χ2n) is 7.17. The van der Waals surface area contributed by atoms with E-state index in [1.165, 1.54) is 6.42 Å². The smallest absolute Gasteiger partial charge is 0.235 e. The van der Waals surface area contributed by atoms with E-state index in [1.807, 2.05) is 24.3 Å². The lowest BCUT2D eigenvalue weighted by atomic mass is 9.94. The van der Waals surface area contributed by atoms with Gasteiger partial charge in [-0.15, -0.1) is 0 Å². The summed E-state index contributed by atoms with van der Waals surface area (Å²) in [6, 6.07) is 7.52. The molecule has 0 aromatic heterocycles. The van der Waals surface area contributed by atoms with Gasteiger partial charge in [-0.1, -0.05) is 19.3 Å². The minimum Gasteiger partial charge on any atom is -0.497 e. The maximum Gasteiger partial charge on any atom is 0.235 e. The van der Waals surface area contributed by atoms with Crippen molar-refractivity contribution in [2.45, 2.75) is 51.0 Å². The van der Waals surface area contributed by atoms with Gasteiger partial charge in [0.15, 0.2) is 0 Å². The second-order valence-corrected chi connectivity index (χ2v) is 7.17. The van der Waals surface area contributed by atoms with E-state index in [-0.39, 0.29) is 17.9 Å². The third-order valence-electron chi connectivity index (χ3n) is 5.28. The van der Waals surface area contributed by atoms with Gasteiger partial charge in [0.2, 0.25) is 11.8 Å². The number of rotatable bonds is 8. The first-order valence-electron chi connectivity index (χ1n) is 9.50. The van der Waals surface area contributed by atoms with E-state index < -0.39 is 5.41 Å². The summed E-state index contributed by atoms with van der Waals surface area (Å²) in [6.07, 6.45) is 6.89. The average Bonchev–Trinajstić information content (AvgIpc) is 3.48. The van der Waals surface area contributed by atoms with Gasteiger partial charge in [-0.05, 0) is 49.9 Å². The van der Waals surface area contributed by atoms with Gasteiger partial charge in [0.1, 0.15) is 23.5 Å². The number of nitrogens with one attached hydrogen (secondary N) is 2. The van der Waals surface area contributed by atoms with E-state index in [0.29, 0.717) is 26.0 Å². The molecule has 0 radical (unpaired) electrons. The largest absolute Gasteiger partial charge is 0.497 e. The lowest BCUT2D eigenvalue weighted by molar-refractivity contribution is -0.137. The molecule has 0 atom stereocenters.